The number of hydrazine groups is 1. The lowest BCUT2D eigenvalue weighted by Gasteiger charge is -2.26. The largest absolute Gasteiger partial charge is 0.361 e. The highest BCUT2D eigenvalue weighted by Gasteiger charge is 2.34. The van der Waals surface area contributed by atoms with Crippen LogP contribution in [0.25, 0.3) is 0 Å². The second-order valence-electron chi connectivity index (χ2n) is 4.32. The summed E-state index contributed by atoms with van der Waals surface area (Å²) >= 11 is 1.10. The van der Waals surface area contributed by atoms with E-state index in [2.05, 4.69) is 14.7 Å². The first-order valence-electron chi connectivity index (χ1n) is 6.01. The molecule has 0 spiro atoms. The van der Waals surface area contributed by atoms with Gasteiger partial charge in [0.1, 0.15) is 5.76 Å². The molecule has 0 radical (unpaired) electrons. The van der Waals surface area contributed by atoms with Crippen LogP contribution in [0.3, 0.4) is 0 Å². The van der Waals surface area contributed by atoms with Gasteiger partial charge in [0.25, 0.3) is 11.8 Å². The van der Waals surface area contributed by atoms with Crippen LogP contribution in [0, 0.1) is 6.92 Å². The highest BCUT2D eigenvalue weighted by atomic mass is 32.1. The Kier molecular flexibility index (Phi) is 3.18. The van der Waals surface area contributed by atoms with E-state index >= 15 is 0 Å². The van der Waals surface area contributed by atoms with E-state index in [-0.39, 0.29) is 23.2 Å². The average Bonchev–Trinajstić information content (AvgIpc) is 3.18. The van der Waals surface area contributed by atoms with Crippen LogP contribution in [0.2, 0.25) is 0 Å². The smallest absolute Gasteiger partial charge is 0.294 e. The zero-order valence-electron chi connectivity index (χ0n) is 10.6. The Morgan fingerprint density at radius 1 is 1.25 bits per heavy atom. The number of aryl methyl sites for hydroxylation is 1. The molecule has 0 bridgehead atoms. The summed E-state index contributed by atoms with van der Waals surface area (Å²) < 4.78 is 8.55. The van der Waals surface area contributed by atoms with Crippen molar-refractivity contribution < 1.29 is 14.1 Å². The Morgan fingerprint density at radius 2 is 1.95 bits per heavy atom. The minimum absolute atomic E-state index is 0.193. The molecule has 0 N–H and O–H groups in total. The first kappa shape index (κ1) is 12.7. The molecule has 2 amide bonds. The molecule has 2 aromatic rings. The molecule has 104 valence electrons. The van der Waals surface area contributed by atoms with Crippen LogP contribution >= 0.6 is 11.5 Å². The fourth-order valence-electron chi connectivity index (χ4n) is 2.02. The molecule has 1 fully saturated rings. The molecule has 0 aromatic carbocycles. The quantitative estimate of drug-likeness (QED) is 0.810. The van der Waals surface area contributed by atoms with Crippen molar-refractivity contribution in [1.29, 1.82) is 0 Å². The maximum Gasteiger partial charge on any atom is 0.294 e. The summed E-state index contributed by atoms with van der Waals surface area (Å²) in [6.45, 7) is 2.64. The van der Waals surface area contributed by atoms with Gasteiger partial charge in [0, 0.05) is 24.5 Å². The van der Waals surface area contributed by atoms with Crippen molar-refractivity contribution in [2.24, 2.45) is 0 Å². The van der Waals surface area contributed by atoms with Gasteiger partial charge in [-0.05, 0) is 24.9 Å². The van der Waals surface area contributed by atoms with Crippen LogP contribution in [-0.4, -0.2) is 49.7 Å². The molecule has 0 unspecified atom stereocenters. The molecule has 1 aliphatic rings. The Labute approximate surface area is 118 Å². The lowest BCUT2D eigenvalue weighted by atomic mass is 10.3. The third-order valence-corrected chi connectivity index (χ3v) is 3.43. The number of hydrogen-bond donors (Lipinski definition) is 0. The molecule has 20 heavy (non-hydrogen) atoms. The molecule has 9 heteroatoms. The maximum absolute atomic E-state index is 12.3. The van der Waals surface area contributed by atoms with Crippen molar-refractivity contribution in [3.63, 3.8) is 0 Å². The van der Waals surface area contributed by atoms with Crippen molar-refractivity contribution in [2.45, 2.75) is 13.3 Å². The molecular weight excluding hydrogens is 282 g/mol. The van der Waals surface area contributed by atoms with Crippen LogP contribution in [0.1, 0.15) is 33.2 Å². The zero-order valence-corrected chi connectivity index (χ0v) is 11.5. The monoisotopic (exact) mass is 293 g/mol. The summed E-state index contributed by atoms with van der Waals surface area (Å²) in [6.07, 6.45) is 0.714. The summed E-state index contributed by atoms with van der Waals surface area (Å²) in [6, 6.07) is 1.55. The van der Waals surface area contributed by atoms with Crippen molar-refractivity contribution in [3.05, 3.63) is 28.6 Å². The molecule has 0 saturated carbocycles. The first-order valence-corrected chi connectivity index (χ1v) is 6.84. The fourth-order valence-corrected chi connectivity index (χ4v) is 2.45. The Bertz CT molecular complexity index is 638. The molecule has 2 aromatic heterocycles. The number of nitrogens with zero attached hydrogens (tertiary/aromatic N) is 5. The Morgan fingerprint density at radius 3 is 2.50 bits per heavy atom. The third kappa shape index (κ3) is 2.16. The number of hydrogen-bond acceptors (Lipinski definition) is 7. The molecular formula is C11H11N5O3S. The van der Waals surface area contributed by atoms with E-state index in [1.807, 2.05) is 0 Å². The van der Waals surface area contributed by atoms with Gasteiger partial charge < -0.3 is 4.52 Å². The van der Waals surface area contributed by atoms with E-state index in [9.17, 15) is 9.59 Å². The third-order valence-electron chi connectivity index (χ3n) is 2.93. The Balaban J connectivity index is 1.82. The highest BCUT2D eigenvalue weighted by Crippen LogP contribution is 2.17. The molecule has 1 aliphatic heterocycles. The van der Waals surface area contributed by atoms with Crippen molar-refractivity contribution in [3.8, 4) is 0 Å². The van der Waals surface area contributed by atoms with E-state index < -0.39 is 0 Å². The highest BCUT2D eigenvalue weighted by molar-refractivity contribution is 7.03. The van der Waals surface area contributed by atoms with E-state index in [4.69, 9.17) is 4.52 Å². The maximum atomic E-state index is 12.3. The molecule has 3 heterocycles. The molecule has 3 rings (SSSR count). The van der Waals surface area contributed by atoms with Gasteiger partial charge in [-0.15, -0.1) is 5.10 Å². The van der Waals surface area contributed by atoms with Gasteiger partial charge in [0.2, 0.25) is 0 Å². The summed E-state index contributed by atoms with van der Waals surface area (Å²) in [5.41, 5.74) is 0.435. The lowest BCUT2D eigenvalue weighted by molar-refractivity contribution is 0.0176. The standard InChI is InChI=1S/C11H11N5O3S/c1-7-5-8(13-19-7)10(17)15-3-2-4-16(15)11(18)9-6-20-14-12-9/h5-6H,2-4H2,1H3. The van der Waals surface area contributed by atoms with Gasteiger partial charge in [-0.2, -0.15) is 0 Å². The van der Waals surface area contributed by atoms with Gasteiger partial charge in [-0.1, -0.05) is 9.64 Å². The SMILES string of the molecule is Cc1cc(C(=O)N2CCCN2C(=O)c2csnn2)no1. The topological polar surface area (TPSA) is 92.4 Å². The minimum atomic E-state index is -0.351. The van der Waals surface area contributed by atoms with Crippen LogP contribution < -0.4 is 0 Å². The van der Waals surface area contributed by atoms with E-state index in [1.54, 1.807) is 18.4 Å². The first-order chi connectivity index (χ1) is 9.66. The summed E-state index contributed by atoms with van der Waals surface area (Å²) in [5.74, 6) is -0.130. The summed E-state index contributed by atoms with van der Waals surface area (Å²) in [5, 5.41) is 11.7. The molecule has 0 atom stereocenters. The van der Waals surface area contributed by atoms with Crippen molar-refractivity contribution in [2.75, 3.05) is 13.1 Å². The van der Waals surface area contributed by atoms with Crippen LogP contribution in [0.15, 0.2) is 16.0 Å². The molecule has 0 aliphatic carbocycles. The zero-order chi connectivity index (χ0) is 14.1. The number of carbonyl (C=O) groups is 2. The second kappa shape index (κ2) is 5.00. The number of carbonyl (C=O) groups excluding carboxylic acids is 2. The van der Waals surface area contributed by atoms with Gasteiger partial charge >= 0.3 is 0 Å². The van der Waals surface area contributed by atoms with Gasteiger partial charge in [-0.25, -0.2) is 10.0 Å². The van der Waals surface area contributed by atoms with E-state index in [1.165, 1.54) is 10.0 Å². The average molecular weight is 293 g/mol. The van der Waals surface area contributed by atoms with Gasteiger partial charge in [0.15, 0.2) is 11.4 Å². The summed E-state index contributed by atoms with van der Waals surface area (Å²) in [7, 11) is 0. The van der Waals surface area contributed by atoms with E-state index in [0.29, 0.717) is 25.3 Å². The predicted octanol–water partition coefficient (Wildman–Crippen LogP) is 0.738. The number of amides is 2. The summed E-state index contributed by atoms with van der Waals surface area (Å²) in [4.78, 5) is 24.6. The number of aromatic nitrogens is 3. The lowest BCUT2D eigenvalue weighted by Crippen LogP contribution is -2.45. The normalized spacial score (nSPS) is 14.8. The van der Waals surface area contributed by atoms with Crippen LogP contribution in [0.5, 0.6) is 0 Å². The second-order valence-corrected chi connectivity index (χ2v) is 4.93. The van der Waals surface area contributed by atoms with Crippen LogP contribution in [-0.2, 0) is 0 Å². The van der Waals surface area contributed by atoms with Crippen molar-refractivity contribution in [1.82, 2.24) is 24.8 Å². The van der Waals surface area contributed by atoms with Gasteiger partial charge in [0.05, 0.1) is 0 Å². The molecule has 1 saturated heterocycles. The number of rotatable bonds is 2. The minimum Gasteiger partial charge on any atom is -0.361 e. The van der Waals surface area contributed by atoms with E-state index in [0.717, 1.165) is 11.5 Å². The fraction of sp³-hybridized carbons (Fsp3) is 0.364. The molecule has 8 nitrogen and oxygen atoms in total. The van der Waals surface area contributed by atoms with Crippen molar-refractivity contribution >= 4 is 23.3 Å². The van der Waals surface area contributed by atoms with Crippen LogP contribution in [0.4, 0.5) is 0 Å². The Hall–Kier alpha value is -2.29. The predicted molar refractivity (Wildman–Crippen MR) is 67.8 cm³/mol. The van der Waals surface area contributed by atoms with Gasteiger partial charge in [-0.3, -0.25) is 9.59 Å².